The summed E-state index contributed by atoms with van der Waals surface area (Å²) >= 11 is 0. The molecule has 0 saturated carbocycles. The molecule has 0 bridgehead atoms. The molecule has 0 fully saturated rings. The number of anilines is 2. The summed E-state index contributed by atoms with van der Waals surface area (Å²) in [5.74, 6) is 0.0727. The lowest BCUT2D eigenvalue weighted by Gasteiger charge is -2.19. The summed E-state index contributed by atoms with van der Waals surface area (Å²) in [6.07, 6.45) is -4.33. The molecular weight excluding hydrogens is 251 g/mol. The van der Waals surface area contributed by atoms with E-state index in [0.29, 0.717) is 6.54 Å². The van der Waals surface area contributed by atoms with Gasteiger partial charge in [-0.3, -0.25) is 0 Å². The molecule has 0 spiro atoms. The molecular formula is C9H14F3N5O. The van der Waals surface area contributed by atoms with Gasteiger partial charge in [-0.1, -0.05) is 0 Å². The van der Waals surface area contributed by atoms with E-state index in [1.165, 1.54) is 14.2 Å². The van der Waals surface area contributed by atoms with E-state index in [-0.39, 0.29) is 17.9 Å². The van der Waals surface area contributed by atoms with Gasteiger partial charge >= 0.3 is 12.2 Å². The van der Waals surface area contributed by atoms with E-state index in [1.807, 2.05) is 6.92 Å². The average molecular weight is 265 g/mol. The van der Waals surface area contributed by atoms with E-state index in [2.05, 4.69) is 20.3 Å². The fourth-order valence-electron chi connectivity index (χ4n) is 1.18. The molecule has 0 atom stereocenters. The van der Waals surface area contributed by atoms with Gasteiger partial charge in [0.1, 0.15) is 6.54 Å². The van der Waals surface area contributed by atoms with E-state index in [9.17, 15) is 13.2 Å². The maximum atomic E-state index is 12.3. The Kier molecular flexibility index (Phi) is 4.51. The zero-order valence-corrected chi connectivity index (χ0v) is 10.2. The molecule has 0 aliphatic carbocycles. The van der Waals surface area contributed by atoms with Crippen molar-refractivity contribution in [3.63, 3.8) is 0 Å². The molecule has 0 radical (unpaired) electrons. The van der Waals surface area contributed by atoms with Crippen molar-refractivity contribution in [2.45, 2.75) is 13.1 Å². The third kappa shape index (κ3) is 4.22. The normalized spacial score (nSPS) is 11.2. The number of halogens is 3. The molecule has 1 N–H and O–H groups in total. The third-order valence-corrected chi connectivity index (χ3v) is 1.88. The number of nitrogens with one attached hydrogen (secondary N) is 1. The summed E-state index contributed by atoms with van der Waals surface area (Å²) in [6.45, 7) is 1.21. The largest absolute Gasteiger partial charge is 0.467 e. The molecule has 102 valence electrons. The predicted molar refractivity (Wildman–Crippen MR) is 59.9 cm³/mol. The second-order valence-electron chi connectivity index (χ2n) is 3.45. The van der Waals surface area contributed by atoms with Gasteiger partial charge in [0.05, 0.1) is 7.11 Å². The number of nitrogens with zero attached hydrogens (tertiary/aromatic N) is 4. The Balaban J connectivity index is 2.96. The lowest BCUT2D eigenvalue weighted by molar-refractivity contribution is -0.119. The van der Waals surface area contributed by atoms with Gasteiger partial charge in [-0.15, -0.1) is 0 Å². The Morgan fingerprint density at radius 1 is 1.28 bits per heavy atom. The Morgan fingerprint density at radius 3 is 2.44 bits per heavy atom. The highest BCUT2D eigenvalue weighted by Gasteiger charge is 2.30. The maximum absolute atomic E-state index is 12.3. The van der Waals surface area contributed by atoms with Crippen molar-refractivity contribution in [1.82, 2.24) is 15.0 Å². The number of alkyl halides is 3. The molecule has 6 nitrogen and oxygen atoms in total. The summed E-state index contributed by atoms with van der Waals surface area (Å²) in [5.41, 5.74) is 0. The number of methoxy groups -OCH3 is 1. The molecule has 1 aromatic heterocycles. The van der Waals surface area contributed by atoms with E-state index in [4.69, 9.17) is 4.74 Å². The predicted octanol–water partition coefficient (Wildman–Crippen LogP) is 1.31. The summed E-state index contributed by atoms with van der Waals surface area (Å²) < 4.78 is 41.6. The van der Waals surface area contributed by atoms with Crippen LogP contribution in [0.3, 0.4) is 0 Å². The average Bonchev–Trinajstić information content (AvgIpc) is 2.26. The van der Waals surface area contributed by atoms with Crippen molar-refractivity contribution in [2.75, 3.05) is 37.5 Å². The van der Waals surface area contributed by atoms with Crippen molar-refractivity contribution in [2.24, 2.45) is 0 Å². The van der Waals surface area contributed by atoms with Crippen LogP contribution in [0, 0.1) is 0 Å². The molecule has 18 heavy (non-hydrogen) atoms. The summed E-state index contributed by atoms with van der Waals surface area (Å²) in [6, 6.07) is -0.0371. The Bertz CT molecular complexity index is 398. The number of aromatic nitrogens is 3. The molecule has 0 amide bonds. The van der Waals surface area contributed by atoms with E-state index >= 15 is 0 Å². The van der Waals surface area contributed by atoms with E-state index in [0.717, 1.165) is 4.90 Å². The topological polar surface area (TPSA) is 63.2 Å². The molecule has 1 rings (SSSR count). The maximum Gasteiger partial charge on any atom is 0.406 e. The lowest BCUT2D eigenvalue weighted by Crippen LogP contribution is -2.32. The fourth-order valence-corrected chi connectivity index (χ4v) is 1.18. The van der Waals surface area contributed by atoms with Crippen LogP contribution in [-0.4, -0.2) is 48.4 Å². The van der Waals surface area contributed by atoms with Gasteiger partial charge in [-0.25, -0.2) is 0 Å². The van der Waals surface area contributed by atoms with Crippen LogP contribution in [0.15, 0.2) is 0 Å². The highest BCUT2D eigenvalue weighted by Crippen LogP contribution is 2.20. The Morgan fingerprint density at radius 2 is 1.94 bits per heavy atom. The van der Waals surface area contributed by atoms with Crippen LogP contribution < -0.4 is 15.0 Å². The van der Waals surface area contributed by atoms with Crippen molar-refractivity contribution in [3.8, 4) is 6.01 Å². The van der Waals surface area contributed by atoms with Crippen LogP contribution >= 0.6 is 0 Å². The van der Waals surface area contributed by atoms with Crippen LogP contribution in [-0.2, 0) is 0 Å². The number of hydrogen-bond donors (Lipinski definition) is 1. The highest BCUT2D eigenvalue weighted by molar-refractivity contribution is 5.37. The minimum absolute atomic E-state index is 0.0371. The van der Waals surface area contributed by atoms with Crippen molar-refractivity contribution in [1.29, 1.82) is 0 Å². The summed E-state index contributed by atoms with van der Waals surface area (Å²) in [4.78, 5) is 12.4. The van der Waals surface area contributed by atoms with Crippen molar-refractivity contribution < 1.29 is 17.9 Å². The number of ether oxygens (including phenoxy) is 1. The van der Waals surface area contributed by atoms with Crippen LogP contribution in [0.5, 0.6) is 6.01 Å². The minimum atomic E-state index is -4.33. The first-order valence-electron chi connectivity index (χ1n) is 5.17. The molecule has 0 saturated heterocycles. The van der Waals surface area contributed by atoms with Crippen LogP contribution in [0.1, 0.15) is 6.92 Å². The molecule has 0 aliphatic heterocycles. The van der Waals surface area contributed by atoms with Crippen LogP contribution in [0.4, 0.5) is 25.1 Å². The Hall–Kier alpha value is -1.80. The lowest BCUT2D eigenvalue weighted by atomic mass is 10.5. The third-order valence-electron chi connectivity index (χ3n) is 1.88. The van der Waals surface area contributed by atoms with Gasteiger partial charge in [0, 0.05) is 13.6 Å². The van der Waals surface area contributed by atoms with Crippen molar-refractivity contribution >= 4 is 11.9 Å². The zero-order valence-electron chi connectivity index (χ0n) is 10.2. The molecule has 9 heteroatoms. The van der Waals surface area contributed by atoms with Gasteiger partial charge in [0.2, 0.25) is 11.9 Å². The first-order valence-corrected chi connectivity index (χ1v) is 5.17. The van der Waals surface area contributed by atoms with Gasteiger partial charge < -0.3 is 15.0 Å². The monoisotopic (exact) mass is 265 g/mol. The van der Waals surface area contributed by atoms with Gasteiger partial charge in [-0.2, -0.15) is 28.1 Å². The van der Waals surface area contributed by atoms with E-state index in [1.54, 1.807) is 0 Å². The number of rotatable bonds is 5. The molecule has 0 aromatic carbocycles. The summed E-state index contributed by atoms with van der Waals surface area (Å²) in [7, 11) is 2.58. The van der Waals surface area contributed by atoms with Crippen LogP contribution in [0.25, 0.3) is 0 Å². The molecule has 0 unspecified atom stereocenters. The SMILES string of the molecule is CCNc1nc(OC)nc(N(C)CC(F)(F)F)n1. The Labute approximate surface area is 102 Å². The highest BCUT2D eigenvalue weighted by atomic mass is 19.4. The zero-order chi connectivity index (χ0) is 13.8. The minimum Gasteiger partial charge on any atom is -0.467 e. The van der Waals surface area contributed by atoms with Gasteiger partial charge in [0.25, 0.3) is 0 Å². The fraction of sp³-hybridized carbons (Fsp3) is 0.667. The van der Waals surface area contributed by atoms with E-state index < -0.39 is 12.7 Å². The molecule has 1 aromatic rings. The standard InChI is InChI=1S/C9H14F3N5O/c1-4-13-6-14-7(16-8(15-6)18-3)17(2)5-9(10,11)12/h4-5H2,1-3H3,(H,13,14,15,16). The second kappa shape index (κ2) is 5.69. The quantitative estimate of drug-likeness (QED) is 0.866. The van der Waals surface area contributed by atoms with Crippen LogP contribution in [0.2, 0.25) is 0 Å². The second-order valence-corrected chi connectivity index (χ2v) is 3.45. The first-order chi connectivity index (χ1) is 8.35. The van der Waals surface area contributed by atoms with Crippen molar-refractivity contribution in [3.05, 3.63) is 0 Å². The molecule has 1 heterocycles. The van der Waals surface area contributed by atoms with Gasteiger partial charge in [0.15, 0.2) is 0 Å². The smallest absolute Gasteiger partial charge is 0.406 e. The first kappa shape index (κ1) is 14.3. The van der Waals surface area contributed by atoms with Gasteiger partial charge in [-0.05, 0) is 6.92 Å². The number of hydrogen-bond acceptors (Lipinski definition) is 6. The summed E-state index contributed by atoms with van der Waals surface area (Å²) in [5, 5.41) is 2.79. The molecule has 0 aliphatic rings.